The van der Waals surface area contributed by atoms with Crippen molar-refractivity contribution in [2.45, 2.75) is 45.5 Å². The molecule has 0 atom stereocenters. The van der Waals surface area contributed by atoms with Crippen molar-refractivity contribution in [1.29, 1.82) is 0 Å². The molecule has 0 bridgehead atoms. The fraction of sp³-hybridized carbons (Fsp3) is 0.333. The van der Waals surface area contributed by atoms with E-state index in [1.165, 1.54) is 11.6 Å². The number of hydrogen-bond acceptors (Lipinski definition) is 4. The van der Waals surface area contributed by atoms with Gasteiger partial charge in [0.15, 0.2) is 5.75 Å². The first kappa shape index (κ1) is 22.8. The number of benzene rings is 2. The number of pyridine rings is 1. The molecule has 33 heavy (non-hydrogen) atoms. The summed E-state index contributed by atoms with van der Waals surface area (Å²) in [5, 5.41) is 3.17. The average Bonchev–Trinajstić information content (AvgIpc) is 2.83. The van der Waals surface area contributed by atoms with Crippen molar-refractivity contribution in [3.05, 3.63) is 100.0 Å². The Morgan fingerprint density at radius 2 is 1.64 bits per heavy atom. The minimum atomic E-state index is -0.175. The van der Waals surface area contributed by atoms with Gasteiger partial charge in [0.05, 0.1) is 6.20 Å². The van der Waals surface area contributed by atoms with Crippen LogP contribution < -0.4 is 15.5 Å². The highest BCUT2D eigenvalue weighted by molar-refractivity contribution is 5.76. The maximum Gasteiger partial charge on any atom is 0.240 e. The molecule has 0 aliphatic carbocycles. The molecule has 1 aliphatic heterocycles. The van der Waals surface area contributed by atoms with Gasteiger partial charge in [0.1, 0.15) is 13.2 Å². The zero-order valence-corrected chi connectivity index (χ0v) is 19.1. The second kappa shape index (κ2) is 11.0. The van der Waals surface area contributed by atoms with Gasteiger partial charge < -0.3 is 14.6 Å². The Kier molecular flexibility index (Phi) is 7.58. The van der Waals surface area contributed by atoms with Crippen molar-refractivity contribution < 1.29 is 9.53 Å². The van der Waals surface area contributed by atoms with Crippen molar-refractivity contribution in [3.63, 3.8) is 0 Å². The normalized spacial score (nSPS) is 14.7. The summed E-state index contributed by atoms with van der Waals surface area (Å²) in [6, 6.07) is 21.9. The highest BCUT2D eigenvalue weighted by atomic mass is 16.5. The summed E-state index contributed by atoms with van der Waals surface area (Å²) in [6.07, 6.45) is 3.52. The molecule has 0 radical (unpaired) electrons. The fourth-order valence-electron chi connectivity index (χ4n) is 4.17. The Morgan fingerprint density at radius 3 is 2.30 bits per heavy atom. The second-order valence-electron chi connectivity index (χ2n) is 8.65. The van der Waals surface area contributed by atoms with Crippen LogP contribution in [0.2, 0.25) is 0 Å². The van der Waals surface area contributed by atoms with E-state index in [0.29, 0.717) is 6.61 Å². The molecule has 1 amide bonds. The van der Waals surface area contributed by atoms with Gasteiger partial charge in [-0.25, -0.2) is 0 Å². The first-order valence-electron chi connectivity index (χ1n) is 11.5. The molecule has 2 heterocycles. The van der Waals surface area contributed by atoms with Gasteiger partial charge in [0.25, 0.3) is 0 Å². The number of nitrogens with zero attached hydrogens (tertiary/aromatic N) is 2. The van der Waals surface area contributed by atoms with E-state index in [1.54, 1.807) is 10.8 Å². The number of aromatic nitrogens is 1. The Morgan fingerprint density at radius 1 is 1.00 bits per heavy atom. The quantitative estimate of drug-likeness (QED) is 0.576. The van der Waals surface area contributed by atoms with Crippen LogP contribution in [0.5, 0.6) is 5.75 Å². The molecule has 1 saturated heterocycles. The van der Waals surface area contributed by atoms with Crippen molar-refractivity contribution in [1.82, 2.24) is 14.8 Å². The lowest BCUT2D eigenvalue weighted by Crippen LogP contribution is -2.45. The summed E-state index contributed by atoms with van der Waals surface area (Å²) in [7, 11) is 0. The predicted molar refractivity (Wildman–Crippen MR) is 129 cm³/mol. The third kappa shape index (κ3) is 6.56. The summed E-state index contributed by atoms with van der Waals surface area (Å²) in [6.45, 7) is 5.19. The van der Waals surface area contributed by atoms with Gasteiger partial charge in [-0.1, -0.05) is 60.7 Å². The number of amides is 1. The van der Waals surface area contributed by atoms with Crippen molar-refractivity contribution in [2.75, 3.05) is 13.1 Å². The molecule has 1 fully saturated rings. The first-order valence-corrected chi connectivity index (χ1v) is 11.5. The number of carbonyl (C=O) groups is 1. The number of piperidine rings is 1. The van der Waals surface area contributed by atoms with Crippen LogP contribution in [0.25, 0.3) is 0 Å². The topological polar surface area (TPSA) is 63.6 Å². The lowest BCUT2D eigenvalue weighted by Gasteiger charge is -2.32. The predicted octanol–water partition coefficient (Wildman–Crippen LogP) is 3.52. The SMILES string of the molecule is Cc1cc(=O)c(OCc2ccccc2)cn1CC(=O)NC1CCN(Cc2ccccc2)CC1. The third-order valence-electron chi connectivity index (χ3n) is 6.06. The fourth-order valence-corrected chi connectivity index (χ4v) is 4.17. The van der Waals surface area contributed by atoms with E-state index in [4.69, 9.17) is 4.74 Å². The number of nitrogens with one attached hydrogen (secondary N) is 1. The molecule has 6 nitrogen and oxygen atoms in total. The number of hydrogen-bond donors (Lipinski definition) is 1. The molecule has 3 aromatic rings. The molecule has 6 heteroatoms. The number of likely N-dealkylation sites (tertiary alicyclic amines) is 1. The van der Waals surface area contributed by atoms with Crippen LogP contribution in [-0.4, -0.2) is 34.5 Å². The van der Waals surface area contributed by atoms with Crippen LogP contribution in [0.4, 0.5) is 0 Å². The molecule has 0 saturated carbocycles. The van der Waals surface area contributed by atoms with Gasteiger partial charge in [0, 0.05) is 37.4 Å². The highest BCUT2D eigenvalue weighted by Gasteiger charge is 2.21. The molecular weight excluding hydrogens is 414 g/mol. The van der Waals surface area contributed by atoms with Gasteiger partial charge in [-0.3, -0.25) is 14.5 Å². The Bertz CT molecular complexity index is 1100. The van der Waals surface area contributed by atoms with E-state index in [-0.39, 0.29) is 29.7 Å². The van der Waals surface area contributed by atoms with E-state index in [2.05, 4.69) is 34.5 Å². The van der Waals surface area contributed by atoms with E-state index in [9.17, 15) is 9.59 Å². The molecule has 1 aliphatic rings. The largest absolute Gasteiger partial charge is 0.483 e. The van der Waals surface area contributed by atoms with Crippen molar-refractivity contribution >= 4 is 5.91 Å². The maximum atomic E-state index is 12.7. The molecule has 172 valence electrons. The van der Waals surface area contributed by atoms with Crippen molar-refractivity contribution in [2.24, 2.45) is 0 Å². The lowest BCUT2D eigenvalue weighted by molar-refractivity contribution is -0.122. The molecule has 0 unspecified atom stereocenters. The highest BCUT2D eigenvalue weighted by Crippen LogP contribution is 2.14. The summed E-state index contributed by atoms with van der Waals surface area (Å²) in [5.74, 6) is 0.212. The van der Waals surface area contributed by atoms with Gasteiger partial charge in [-0.05, 0) is 30.9 Å². The minimum Gasteiger partial charge on any atom is -0.483 e. The number of rotatable bonds is 8. The van der Waals surface area contributed by atoms with Gasteiger partial charge >= 0.3 is 0 Å². The van der Waals surface area contributed by atoms with E-state index < -0.39 is 0 Å². The van der Waals surface area contributed by atoms with E-state index in [1.807, 2.05) is 43.3 Å². The van der Waals surface area contributed by atoms with Crippen LogP contribution in [0.15, 0.2) is 77.7 Å². The average molecular weight is 446 g/mol. The summed E-state index contributed by atoms with van der Waals surface area (Å²) < 4.78 is 7.52. The van der Waals surface area contributed by atoms with E-state index in [0.717, 1.165) is 43.7 Å². The van der Waals surface area contributed by atoms with Gasteiger partial charge in [0.2, 0.25) is 11.3 Å². The van der Waals surface area contributed by atoms with Gasteiger partial charge in [-0.15, -0.1) is 0 Å². The van der Waals surface area contributed by atoms with Gasteiger partial charge in [-0.2, -0.15) is 0 Å². The molecule has 0 spiro atoms. The molecule has 1 N–H and O–H groups in total. The van der Waals surface area contributed by atoms with E-state index >= 15 is 0 Å². The Balaban J connectivity index is 1.29. The zero-order chi connectivity index (χ0) is 23.0. The Labute approximate surface area is 194 Å². The van der Waals surface area contributed by atoms with Crippen LogP contribution >= 0.6 is 0 Å². The second-order valence-corrected chi connectivity index (χ2v) is 8.65. The summed E-state index contributed by atoms with van der Waals surface area (Å²) >= 11 is 0. The molecule has 2 aromatic carbocycles. The standard InChI is InChI=1S/C27H31N3O3/c1-21-16-25(31)26(33-20-23-10-6-3-7-11-23)18-30(21)19-27(32)28-24-12-14-29(15-13-24)17-22-8-4-2-5-9-22/h2-11,16,18,24H,12-15,17,19-20H2,1H3,(H,28,32). The summed E-state index contributed by atoms with van der Waals surface area (Å²) in [5.41, 5.74) is 2.87. The van der Waals surface area contributed by atoms with Crippen molar-refractivity contribution in [3.8, 4) is 5.75 Å². The van der Waals surface area contributed by atoms with Crippen LogP contribution in [-0.2, 0) is 24.5 Å². The minimum absolute atomic E-state index is 0.0442. The molecular formula is C27H31N3O3. The monoisotopic (exact) mass is 445 g/mol. The van der Waals surface area contributed by atoms with Crippen LogP contribution in [0, 0.1) is 6.92 Å². The smallest absolute Gasteiger partial charge is 0.240 e. The van der Waals surface area contributed by atoms with Crippen LogP contribution in [0.3, 0.4) is 0 Å². The molecule has 1 aromatic heterocycles. The Hall–Kier alpha value is -3.38. The molecule has 4 rings (SSSR count). The number of aryl methyl sites for hydroxylation is 1. The number of ether oxygens (including phenoxy) is 1. The summed E-state index contributed by atoms with van der Waals surface area (Å²) in [4.78, 5) is 27.5. The maximum absolute atomic E-state index is 12.7. The lowest BCUT2D eigenvalue weighted by atomic mass is 10.0. The zero-order valence-electron chi connectivity index (χ0n) is 19.1. The third-order valence-corrected chi connectivity index (χ3v) is 6.06. The van der Waals surface area contributed by atoms with Crippen LogP contribution in [0.1, 0.15) is 29.7 Å². The first-order chi connectivity index (χ1) is 16.1. The number of carbonyl (C=O) groups excluding carboxylic acids is 1.